The largest absolute Gasteiger partial charge is 0.355 e. The number of hydrogen-bond acceptors (Lipinski definition) is 4. The number of hydrogen-bond donors (Lipinski definition) is 1. The highest BCUT2D eigenvalue weighted by atomic mass is 15.3. The summed E-state index contributed by atoms with van der Waals surface area (Å²) in [6, 6.07) is 5.77. The maximum absolute atomic E-state index is 5.87. The number of aromatic nitrogens is 1. The first-order chi connectivity index (χ1) is 9.15. The van der Waals surface area contributed by atoms with Crippen molar-refractivity contribution in [2.45, 2.75) is 44.3 Å². The molecule has 0 saturated carbocycles. The monoisotopic (exact) mass is 260 g/mol. The van der Waals surface area contributed by atoms with E-state index in [9.17, 15) is 0 Å². The van der Waals surface area contributed by atoms with Gasteiger partial charge in [0.05, 0.1) is 0 Å². The summed E-state index contributed by atoms with van der Waals surface area (Å²) in [5, 5.41) is 0. The fourth-order valence-corrected chi connectivity index (χ4v) is 3.37. The molecule has 0 spiro atoms. The second kappa shape index (κ2) is 5.10. The molecule has 104 valence electrons. The highest BCUT2D eigenvalue weighted by Crippen LogP contribution is 2.30. The van der Waals surface area contributed by atoms with E-state index in [1.165, 1.54) is 19.3 Å². The van der Waals surface area contributed by atoms with E-state index < -0.39 is 0 Å². The third kappa shape index (κ3) is 2.47. The van der Waals surface area contributed by atoms with Crippen LogP contribution in [0.25, 0.3) is 0 Å². The van der Waals surface area contributed by atoms with E-state index >= 15 is 0 Å². The number of rotatable bonds is 2. The molecule has 0 aliphatic carbocycles. The van der Waals surface area contributed by atoms with Gasteiger partial charge in [-0.15, -0.1) is 0 Å². The van der Waals surface area contributed by atoms with Crippen LogP contribution in [0.15, 0.2) is 18.3 Å². The van der Waals surface area contributed by atoms with Crippen LogP contribution in [0.2, 0.25) is 0 Å². The van der Waals surface area contributed by atoms with Gasteiger partial charge in [0.2, 0.25) is 0 Å². The Kier molecular flexibility index (Phi) is 3.46. The molecule has 2 unspecified atom stereocenters. The lowest BCUT2D eigenvalue weighted by molar-refractivity contribution is 0.254. The van der Waals surface area contributed by atoms with Crippen LogP contribution < -0.4 is 10.6 Å². The molecule has 2 bridgehead atoms. The van der Waals surface area contributed by atoms with Gasteiger partial charge in [0.1, 0.15) is 5.82 Å². The van der Waals surface area contributed by atoms with Crippen LogP contribution in [-0.2, 0) is 0 Å². The number of nitrogens with two attached hydrogens (primary N) is 1. The normalized spacial score (nSPS) is 29.3. The van der Waals surface area contributed by atoms with Crippen LogP contribution in [0.5, 0.6) is 0 Å². The van der Waals surface area contributed by atoms with E-state index in [-0.39, 0.29) is 6.04 Å². The molecule has 3 rings (SSSR count). The molecule has 19 heavy (non-hydrogen) atoms. The van der Waals surface area contributed by atoms with Gasteiger partial charge in [-0.05, 0) is 44.9 Å². The molecule has 0 radical (unpaired) electrons. The lowest BCUT2D eigenvalue weighted by atomic mass is 10.1. The molecule has 4 nitrogen and oxygen atoms in total. The second-order valence-electron chi connectivity index (χ2n) is 6.02. The fourth-order valence-electron chi connectivity index (χ4n) is 3.37. The fraction of sp³-hybridized carbons (Fsp3) is 0.667. The first-order valence-electron chi connectivity index (χ1n) is 7.33. The van der Waals surface area contributed by atoms with E-state index in [0.717, 1.165) is 30.5 Å². The molecule has 3 heterocycles. The van der Waals surface area contributed by atoms with Crippen LogP contribution >= 0.6 is 0 Å². The molecule has 4 heteroatoms. The van der Waals surface area contributed by atoms with Crippen molar-refractivity contribution in [3.05, 3.63) is 23.9 Å². The SMILES string of the molecule is C[C@@H](N)c1ccc(N2CCC3CCC(C2)N3C)nc1. The minimum atomic E-state index is 0.0628. The zero-order valence-electron chi connectivity index (χ0n) is 11.9. The van der Waals surface area contributed by atoms with Gasteiger partial charge in [-0.3, -0.25) is 4.90 Å². The number of nitrogens with zero attached hydrogens (tertiary/aromatic N) is 3. The zero-order chi connectivity index (χ0) is 13.4. The molecular formula is C15H24N4. The van der Waals surface area contributed by atoms with Crippen LogP contribution in [0.1, 0.15) is 37.8 Å². The standard InChI is InChI=1S/C15H24N4/c1-11(16)12-3-6-15(17-9-12)19-8-7-13-4-5-14(10-19)18(13)2/h3,6,9,11,13-14H,4-5,7-8,10,16H2,1-2H3/t11-,13?,14?/m1/s1. The molecule has 2 fully saturated rings. The van der Waals surface area contributed by atoms with Crippen molar-refractivity contribution in [1.29, 1.82) is 0 Å². The second-order valence-corrected chi connectivity index (χ2v) is 6.02. The summed E-state index contributed by atoms with van der Waals surface area (Å²) in [4.78, 5) is 9.60. The van der Waals surface area contributed by atoms with Gasteiger partial charge in [-0.25, -0.2) is 4.98 Å². The van der Waals surface area contributed by atoms with Crippen molar-refractivity contribution in [3.8, 4) is 0 Å². The average molecular weight is 260 g/mol. The summed E-state index contributed by atoms with van der Waals surface area (Å²) in [6.45, 7) is 4.23. The summed E-state index contributed by atoms with van der Waals surface area (Å²) in [5.41, 5.74) is 6.98. The summed E-state index contributed by atoms with van der Waals surface area (Å²) < 4.78 is 0. The maximum atomic E-state index is 5.87. The predicted molar refractivity (Wildman–Crippen MR) is 78.2 cm³/mol. The van der Waals surface area contributed by atoms with E-state index in [2.05, 4.69) is 34.0 Å². The number of pyridine rings is 1. The van der Waals surface area contributed by atoms with Gasteiger partial charge in [0, 0.05) is 37.4 Å². The maximum Gasteiger partial charge on any atom is 0.128 e. The van der Waals surface area contributed by atoms with Gasteiger partial charge in [0.25, 0.3) is 0 Å². The Balaban J connectivity index is 1.75. The minimum Gasteiger partial charge on any atom is -0.355 e. The average Bonchev–Trinajstić information content (AvgIpc) is 2.63. The molecule has 2 aliphatic heterocycles. The van der Waals surface area contributed by atoms with E-state index in [1.807, 2.05) is 13.1 Å². The lowest BCUT2D eigenvalue weighted by Crippen LogP contribution is -2.36. The Morgan fingerprint density at radius 3 is 2.74 bits per heavy atom. The summed E-state index contributed by atoms with van der Waals surface area (Å²) >= 11 is 0. The van der Waals surface area contributed by atoms with Crippen molar-refractivity contribution >= 4 is 5.82 Å². The zero-order valence-corrected chi connectivity index (χ0v) is 11.9. The first-order valence-corrected chi connectivity index (χ1v) is 7.33. The van der Waals surface area contributed by atoms with Crippen molar-refractivity contribution < 1.29 is 0 Å². The van der Waals surface area contributed by atoms with Crippen LogP contribution in [0.3, 0.4) is 0 Å². The molecule has 1 aromatic rings. The van der Waals surface area contributed by atoms with Gasteiger partial charge < -0.3 is 10.6 Å². The number of anilines is 1. The third-order valence-corrected chi connectivity index (χ3v) is 4.77. The Hall–Kier alpha value is -1.13. The summed E-state index contributed by atoms with van der Waals surface area (Å²) in [6.07, 6.45) is 5.87. The first kappa shape index (κ1) is 12.9. The Morgan fingerprint density at radius 2 is 2.05 bits per heavy atom. The van der Waals surface area contributed by atoms with E-state index in [1.54, 1.807) is 0 Å². The van der Waals surface area contributed by atoms with Crippen molar-refractivity contribution in [1.82, 2.24) is 9.88 Å². The minimum absolute atomic E-state index is 0.0628. The molecule has 2 saturated heterocycles. The van der Waals surface area contributed by atoms with Gasteiger partial charge in [-0.2, -0.15) is 0 Å². The molecule has 2 aliphatic rings. The smallest absolute Gasteiger partial charge is 0.128 e. The van der Waals surface area contributed by atoms with E-state index in [0.29, 0.717) is 6.04 Å². The molecule has 0 amide bonds. The predicted octanol–water partition coefficient (Wildman–Crippen LogP) is 1.77. The topological polar surface area (TPSA) is 45.4 Å². The Labute approximate surface area is 115 Å². The van der Waals surface area contributed by atoms with Gasteiger partial charge in [-0.1, -0.05) is 6.07 Å². The summed E-state index contributed by atoms with van der Waals surface area (Å²) in [7, 11) is 2.28. The van der Waals surface area contributed by atoms with Gasteiger partial charge >= 0.3 is 0 Å². The number of likely N-dealkylation sites (N-methyl/N-ethyl adjacent to an activating group) is 1. The third-order valence-electron chi connectivity index (χ3n) is 4.77. The lowest BCUT2D eigenvalue weighted by Gasteiger charge is -2.26. The Morgan fingerprint density at radius 1 is 1.26 bits per heavy atom. The van der Waals surface area contributed by atoms with Crippen molar-refractivity contribution in [2.24, 2.45) is 5.73 Å². The summed E-state index contributed by atoms with van der Waals surface area (Å²) in [5.74, 6) is 1.10. The van der Waals surface area contributed by atoms with Crippen LogP contribution in [0.4, 0.5) is 5.82 Å². The molecule has 3 atom stereocenters. The molecule has 0 aromatic carbocycles. The molecule has 2 N–H and O–H groups in total. The van der Waals surface area contributed by atoms with Crippen LogP contribution in [0, 0.1) is 0 Å². The quantitative estimate of drug-likeness (QED) is 0.880. The van der Waals surface area contributed by atoms with Crippen molar-refractivity contribution in [2.75, 3.05) is 25.0 Å². The van der Waals surface area contributed by atoms with Gasteiger partial charge in [0.15, 0.2) is 0 Å². The highest BCUT2D eigenvalue weighted by Gasteiger charge is 2.34. The van der Waals surface area contributed by atoms with E-state index in [4.69, 9.17) is 5.73 Å². The Bertz CT molecular complexity index is 428. The van der Waals surface area contributed by atoms with Crippen molar-refractivity contribution in [3.63, 3.8) is 0 Å². The molecule has 1 aromatic heterocycles. The highest BCUT2D eigenvalue weighted by molar-refractivity contribution is 5.40. The molecular weight excluding hydrogens is 236 g/mol. The van der Waals surface area contributed by atoms with Crippen LogP contribution in [-0.4, -0.2) is 42.1 Å². The number of fused-ring (bicyclic) bond motifs is 2.